The monoisotopic (exact) mass is 202 g/mol. The highest BCUT2D eigenvalue weighted by Gasteiger charge is 2.03. The average Bonchev–Trinajstić information content (AvgIpc) is 2.49. The summed E-state index contributed by atoms with van der Waals surface area (Å²) in [5.74, 6) is 0.734. The predicted octanol–water partition coefficient (Wildman–Crippen LogP) is 0.551. The van der Waals surface area contributed by atoms with Crippen molar-refractivity contribution in [3.05, 3.63) is 0 Å². The van der Waals surface area contributed by atoms with Crippen LogP contribution in [0.3, 0.4) is 0 Å². The maximum absolute atomic E-state index is 8.66. The molecular formula is C7H14N4OS. The molecule has 0 aliphatic carbocycles. The zero-order valence-electron chi connectivity index (χ0n) is 7.53. The highest BCUT2D eigenvalue weighted by Crippen LogP contribution is 2.12. The second kappa shape index (κ2) is 4.98. The Balaban J connectivity index is 2.26. The summed E-state index contributed by atoms with van der Waals surface area (Å²) in [4.78, 5) is 3.95. The third-order valence-corrected chi connectivity index (χ3v) is 2.35. The molecule has 1 heterocycles. The molecule has 0 fully saturated rings. The van der Waals surface area contributed by atoms with Crippen LogP contribution >= 0.6 is 11.5 Å². The molecule has 0 aromatic carbocycles. The maximum Gasteiger partial charge on any atom is 0.233 e. The summed E-state index contributed by atoms with van der Waals surface area (Å²) in [5, 5.41) is 12.5. The van der Waals surface area contributed by atoms with Gasteiger partial charge in [0.05, 0.1) is 0 Å². The van der Waals surface area contributed by atoms with Crippen LogP contribution in [-0.2, 0) is 0 Å². The van der Waals surface area contributed by atoms with Crippen molar-refractivity contribution in [2.24, 2.45) is 5.92 Å². The van der Waals surface area contributed by atoms with Crippen molar-refractivity contribution < 1.29 is 5.11 Å². The number of nitrogen functional groups attached to an aromatic ring is 1. The van der Waals surface area contributed by atoms with Gasteiger partial charge in [-0.05, 0) is 12.3 Å². The fourth-order valence-electron chi connectivity index (χ4n) is 0.891. The minimum absolute atomic E-state index is 0.223. The van der Waals surface area contributed by atoms with Gasteiger partial charge in [-0.25, -0.2) is 0 Å². The number of aliphatic hydroxyl groups excluding tert-OH is 1. The van der Waals surface area contributed by atoms with Crippen molar-refractivity contribution >= 4 is 22.6 Å². The Bertz CT molecular complexity index is 252. The Hall–Kier alpha value is -0.880. The molecule has 74 valence electrons. The van der Waals surface area contributed by atoms with Crippen molar-refractivity contribution in [1.82, 2.24) is 9.36 Å². The van der Waals surface area contributed by atoms with E-state index in [2.05, 4.69) is 21.6 Å². The van der Waals surface area contributed by atoms with Crippen LogP contribution in [0.5, 0.6) is 0 Å². The molecule has 4 N–H and O–H groups in total. The third-order valence-electron chi connectivity index (χ3n) is 1.67. The van der Waals surface area contributed by atoms with E-state index in [4.69, 9.17) is 10.8 Å². The van der Waals surface area contributed by atoms with Gasteiger partial charge in [-0.3, -0.25) is 0 Å². The molecule has 0 amide bonds. The molecule has 0 saturated carbocycles. The summed E-state index contributed by atoms with van der Waals surface area (Å²) in [5.41, 5.74) is 5.35. The molecule has 6 heteroatoms. The number of nitrogens with one attached hydrogen (secondary N) is 1. The second-order valence-corrected chi connectivity index (χ2v) is 3.71. The van der Waals surface area contributed by atoms with Gasteiger partial charge in [0.25, 0.3) is 0 Å². The quantitative estimate of drug-likeness (QED) is 0.649. The van der Waals surface area contributed by atoms with Crippen molar-refractivity contribution in [3.63, 3.8) is 0 Å². The van der Waals surface area contributed by atoms with E-state index in [-0.39, 0.29) is 6.61 Å². The van der Waals surface area contributed by atoms with E-state index in [9.17, 15) is 0 Å². The number of anilines is 2. The number of rotatable bonds is 5. The zero-order chi connectivity index (χ0) is 9.68. The molecular weight excluding hydrogens is 188 g/mol. The summed E-state index contributed by atoms with van der Waals surface area (Å²) in [6.45, 7) is 3.07. The summed E-state index contributed by atoms with van der Waals surface area (Å²) < 4.78 is 3.84. The van der Waals surface area contributed by atoms with Crippen LogP contribution in [0.25, 0.3) is 0 Å². The predicted molar refractivity (Wildman–Crippen MR) is 53.7 cm³/mol. The smallest absolute Gasteiger partial charge is 0.233 e. The first-order valence-electron chi connectivity index (χ1n) is 4.16. The van der Waals surface area contributed by atoms with Crippen molar-refractivity contribution in [1.29, 1.82) is 0 Å². The van der Waals surface area contributed by atoms with Gasteiger partial charge in [-0.2, -0.15) is 9.36 Å². The fourth-order valence-corrected chi connectivity index (χ4v) is 1.39. The SMILES string of the molecule is CC(CCO)CNc1nc(N)ns1. The zero-order valence-corrected chi connectivity index (χ0v) is 8.34. The van der Waals surface area contributed by atoms with Crippen LogP contribution in [0.1, 0.15) is 13.3 Å². The second-order valence-electron chi connectivity index (χ2n) is 2.96. The molecule has 1 unspecified atom stereocenters. The van der Waals surface area contributed by atoms with Gasteiger partial charge in [0.1, 0.15) is 0 Å². The topological polar surface area (TPSA) is 84.1 Å². The van der Waals surface area contributed by atoms with Gasteiger partial charge in [0.2, 0.25) is 11.1 Å². The molecule has 0 radical (unpaired) electrons. The van der Waals surface area contributed by atoms with Crippen LogP contribution in [0.2, 0.25) is 0 Å². The Morgan fingerprint density at radius 3 is 3.00 bits per heavy atom. The van der Waals surface area contributed by atoms with Crippen molar-refractivity contribution in [2.45, 2.75) is 13.3 Å². The molecule has 5 nitrogen and oxygen atoms in total. The Morgan fingerprint density at radius 2 is 2.46 bits per heavy atom. The van der Waals surface area contributed by atoms with E-state index in [0.29, 0.717) is 11.9 Å². The van der Waals surface area contributed by atoms with E-state index in [0.717, 1.165) is 18.1 Å². The molecule has 1 aromatic heterocycles. The number of hydrogen-bond donors (Lipinski definition) is 3. The lowest BCUT2D eigenvalue weighted by atomic mass is 10.1. The first kappa shape index (κ1) is 10.2. The van der Waals surface area contributed by atoms with Gasteiger partial charge < -0.3 is 16.2 Å². The van der Waals surface area contributed by atoms with E-state index < -0.39 is 0 Å². The first-order valence-corrected chi connectivity index (χ1v) is 4.93. The number of aliphatic hydroxyl groups is 1. The van der Waals surface area contributed by atoms with Gasteiger partial charge in [-0.1, -0.05) is 6.92 Å². The highest BCUT2D eigenvalue weighted by molar-refractivity contribution is 7.09. The van der Waals surface area contributed by atoms with E-state index in [1.807, 2.05) is 0 Å². The number of hydrogen-bond acceptors (Lipinski definition) is 6. The number of aromatic nitrogens is 2. The molecule has 1 aromatic rings. The maximum atomic E-state index is 8.66. The molecule has 1 atom stereocenters. The highest BCUT2D eigenvalue weighted by atomic mass is 32.1. The largest absolute Gasteiger partial charge is 0.396 e. The number of nitrogens with two attached hydrogens (primary N) is 1. The van der Waals surface area contributed by atoms with Gasteiger partial charge in [0, 0.05) is 24.7 Å². The standard InChI is InChI=1S/C7H14N4OS/c1-5(2-3-12)4-9-7-10-6(8)11-13-7/h5,12H,2-4H2,1H3,(H3,8,9,10,11). The molecule has 0 bridgehead atoms. The minimum atomic E-state index is 0.223. The van der Waals surface area contributed by atoms with Gasteiger partial charge >= 0.3 is 0 Å². The third kappa shape index (κ3) is 3.56. The van der Waals surface area contributed by atoms with Crippen LogP contribution in [0.15, 0.2) is 0 Å². The molecule has 0 aliphatic rings. The Kier molecular flexibility index (Phi) is 3.91. The Morgan fingerprint density at radius 1 is 1.69 bits per heavy atom. The van der Waals surface area contributed by atoms with Gasteiger partial charge in [-0.15, -0.1) is 0 Å². The van der Waals surface area contributed by atoms with Gasteiger partial charge in [0.15, 0.2) is 0 Å². The molecule has 0 saturated heterocycles. The van der Waals surface area contributed by atoms with Crippen molar-refractivity contribution in [2.75, 3.05) is 24.2 Å². The lowest BCUT2D eigenvalue weighted by molar-refractivity contribution is 0.266. The lowest BCUT2D eigenvalue weighted by Gasteiger charge is -2.08. The molecule has 0 spiro atoms. The van der Waals surface area contributed by atoms with Crippen LogP contribution in [0.4, 0.5) is 11.1 Å². The summed E-state index contributed by atoms with van der Waals surface area (Å²) in [6, 6.07) is 0. The fraction of sp³-hybridized carbons (Fsp3) is 0.714. The van der Waals surface area contributed by atoms with E-state index in [1.54, 1.807) is 0 Å². The Labute approximate surface area is 81.2 Å². The minimum Gasteiger partial charge on any atom is -0.396 e. The summed E-state index contributed by atoms with van der Waals surface area (Å²) in [7, 11) is 0. The van der Waals surface area contributed by atoms with Crippen LogP contribution in [0, 0.1) is 5.92 Å². The van der Waals surface area contributed by atoms with E-state index in [1.165, 1.54) is 11.5 Å². The lowest BCUT2D eigenvalue weighted by Crippen LogP contribution is -2.12. The van der Waals surface area contributed by atoms with Crippen LogP contribution in [-0.4, -0.2) is 27.6 Å². The van der Waals surface area contributed by atoms with Crippen LogP contribution < -0.4 is 11.1 Å². The molecule has 1 rings (SSSR count). The first-order chi connectivity index (χ1) is 6.22. The summed E-state index contributed by atoms with van der Waals surface area (Å²) >= 11 is 1.25. The van der Waals surface area contributed by atoms with Crippen molar-refractivity contribution in [3.8, 4) is 0 Å². The number of nitrogens with zero attached hydrogens (tertiary/aromatic N) is 2. The normalized spacial score (nSPS) is 12.8. The molecule has 13 heavy (non-hydrogen) atoms. The van der Waals surface area contributed by atoms with E-state index >= 15 is 0 Å². The average molecular weight is 202 g/mol. The molecule has 0 aliphatic heterocycles. The summed E-state index contributed by atoms with van der Waals surface area (Å²) in [6.07, 6.45) is 0.793.